The second-order valence-corrected chi connectivity index (χ2v) is 4.27. The minimum Gasteiger partial charge on any atom is -0.340 e. The zero-order valence-electron chi connectivity index (χ0n) is 10.4. The van der Waals surface area contributed by atoms with Gasteiger partial charge in [0.15, 0.2) is 0 Å². The monoisotopic (exact) mass is 248 g/mol. The van der Waals surface area contributed by atoms with E-state index >= 15 is 0 Å². The Labute approximate surface area is 105 Å². The third-order valence-electron chi connectivity index (χ3n) is 2.91. The molecule has 18 heavy (non-hydrogen) atoms. The summed E-state index contributed by atoms with van der Waals surface area (Å²) >= 11 is 0. The van der Waals surface area contributed by atoms with Crippen LogP contribution >= 0.6 is 0 Å². The summed E-state index contributed by atoms with van der Waals surface area (Å²) in [6, 6.07) is 3.01. The highest BCUT2D eigenvalue weighted by Gasteiger charge is 2.13. The number of pyridine rings is 1. The summed E-state index contributed by atoms with van der Waals surface area (Å²) in [7, 11) is 0. The van der Waals surface area contributed by atoms with Crippen molar-refractivity contribution >= 4 is 0 Å². The predicted octanol–water partition coefficient (Wildman–Crippen LogP) is 2.45. The van der Waals surface area contributed by atoms with Gasteiger partial charge in [0.25, 0.3) is 0 Å². The largest absolute Gasteiger partial charge is 0.340 e. The summed E-state index contributed by atoms with van der Waals surface area (Å²) in [5.74, 6) is 0.772. The van der Waals surface area contributed by atoms with Crippen LogP contribution in [0, 0.1) is 5.82 Å². The number of hydrogen-bond donors (Lipinski definition) is 2. The van der Waals surface area contributed by atoms with Crippen molar-refractivity contribution in [2.75, 3.05) is 6.54 Å². The van der Waals surface area contributed by atoms with Gasteiger partial charge in [-0.15, -0.1) is 0 Å². The Morgan fingerprint density at radius 3 is 2.78 bits per heavy atom. The van der Waals surface area contributed by atoms with Gasteiger partial charge >= 0.3 is 0 Å². The van der Waals surface area contributed by atoms with Gasteiger partial charge in [-0.3, -0.25) is 4.98 Å². The first-order chi connectivity index (χ1) is 8.74. The molecule has 0 saturated heterocycles. The summed E-state index contributed by atoms with van der Waals surface area (Å²) in [6.45, 7) is 2.69. The summed E-state index contributed by atoms with van der Waals surface area (Å²) in [5, 5.41) is 0. The standard InChI is InChI=1S/C13H17FN4/c1-2-3-9(6-15)13-17-8-12(18-13)11-5-4-10(14)7-16-11/h4-5,7-9H,2-3,6,15H2,1H3,(H,17,18). The maximum Gasteiger partial charge on any atom is 0.141 e. The van der Waals surface area contributed by atoms with E-state index in [4.69, 9.17) is 5.73 Å². The van der Waals surface area contributed by atoms with Crippen molar-refractivity contribution in [1.29, 1.82) is 0 Å². The van der Waals surface area contributed by atoms with E-state index in [2.05, 4.69) is 21.9 Å². The normalized spacial score (nSPS) is 12.6. The Balaban J connectivity index is 2.21. The molecular formula is C13H17FN4. The van der Waals surface area contributed by atoms with Crippen molar-refractivity contribution < 1.29 is 4.39 Å². The molecule has 2 aromatic rings. The molecule has 2 aromatic heterocycles. The van der Waals surface area contributed by atoms with Crippen LogP contribution in [-0.2, 0) is 0 Å². The smallest absolute Gasteiger partial charge is 0.141 e. The zero-order chi connectivity index (χ0) is 13.0. The maximum absolute atomic E-state index is 12.8. The van der Waals surface area contributed by atoms with Crippen molar-refractivity contribution in [3.05, 3.63) is 36.2 Å². The molecule has 0 fully saturated rings. The highest BCUT2D eigenvalue weighted by atomic mass is 19.1. The van der Waals surface area contributed by atoms with Gasteiger partial charge in [-0.05, 0) is 18.6 Å². The second-order valence-electron chi connectivity index (χ2n) is 4.27. The zero-order valence-corrected chi connectivity index (χ0v) is 10.4. The second kappa shape index (κ2) is 5.73. The van der Waals surface area contributed by atoms with Crippen molar-refractivity contribution in [1.82, 2.24) is 15.0 Å². The fourth-order valence-electron chi connectivity index (χ4n) is 1.92. The van der Waals surface area contributed by atoms with Gasteiger partial charge in [0, 0.05) is 12.5 Å². The fraction of sp³-hybridized carbons (Fsp3) is 0.385. The van der Waals surface area contributed by atoms with Crippen LogP contribution in [0.4, 0.5) is 4.39 Å². The van der Waals surface area contributed by atoms with Crippen LogP contribution in [-0.4, -0.2) is 21.5 Å². The van der Waals surface area contributed by atoms with E-state index in [1.54, 1.807) is 12.3 Å². The van der Waals surface area contributed by atoms with Gasteiger partial charge in [0.05, 0.1) is 23.8 Å². The van der Waals surface area contributed by atoms with Crippen molar-refractivity contribution in [2.45, 2.75) is 25.7 Å². The molecule has 96 valence electrons. The summed E-state index contributed by atoms with van der Waals surface area (Å²) < 4.78 is 12.8. The van der Waals surface area contributed by atoms with Crippen LogP contribution in [0.2, 0.25) is 0 Å². The molecule has 1 atom stereocenters. The van der Waals surface area contributed by atoms with E-state index < -0.39 is 0 Å². The van der Waals surface area contributed by atoms with E-state index in [1.807, 2.05) is 0 Å². The van der Waals surface area contributed by atoms with Gasteiger partial charge in [-0.1, -0.05) is 13.3 Å². The summed E-state index contributed by atoms with van der Waals surface area (Å²) in [5.41, 5.74) is 7.21. The van der Waals surface area contributed by atoms with Gasteiger partial charge in [-0.25, -0.2) is 9.37 Å². The van der Waals surface area contributed by atoms with Crippen LogP contribution in [0.5, 0.6) is 0 Å². The fourth-order valence-corrected chi connectivity index (χ4v) is 1.92. The topological polar surface area (TPSA) is 67.6 Å². The molecule has 0 aromatic carbocycles. The van der Waals surface area contributed by atoms with Crippen LogP contribution < -0.4 is 5.73 Å². The minimum absolute atomic E-state index is 0.240. The third kappa shape index (κ3) is 2.73. The van der Waals surface area contributed by atoms with Gasteiger partial charge in [-0.2, -0.15) is 0 Å². The first-order valence-electron chi connectivity index (χ1n) is 6.11. The average molecular weight is 248 g/mol. The molecule has 3 N–H and O–H groups in total. The number of nitrogens with zero attached hydrogens (tertiary/aromatic N) is 2. The number of nitrogens with two attached hydrogens (primary N) is 1. The number of hydrogen-bond acceptors (Lipinski definition) is 3. The van der Waals surface area contributed by atoms with Gasteiger partial charge in [0.2, 0.25) is 0 Å². The number of rotatable bonds is 5. The average Bonchev–Trinajstić information content (AvgIpc) is 2.86. The van der Waals surface area contributed by atoms with Crippen molar-refractivity contribution in [3.8, 4) is 11.4 Å². The molecule has 0 aliphatic carbocycles. The summed E-state index contributed by atoms with van der Waals surface area (Å²) in [6.07, 6.45) is 4.98. The number of H-pyrrole nitrogens is 1. The molecule has 0 saturated carbocycles. The maximum atomic E-state index is 12.8. The molecule has 0 amide bonds. The Kier molecular flexibility index (Phi) is 4.04. The van der Waals surface area contributed by atoms with Gasteiger partial charge in [0.1, 0.15) is 11.6 Å². The van der Waals surface area contributed by atoms with Crippen molar-refractivity contribution in [2.24, 2.45) is 5.73 Å². The highest BCUT2D eigenvalue weighted by molar-refractivity contribution is 5.52. The molecule has 2 heterocycles. The van der Waals surface area contributed by atoms with Crippen LogP contribution in [0.15, 0.2) is 24.5 Å². The van der Waals surface area contributed by atoms with E-state index in [1.165, 1.54) is 12.3 Å². The Hall–Kier alpha value is -1.75. The Bertz CT molecular complexity index is 492. The molecule has 0 aliphatic rings. The number of aromatic amines is 1. The van der Waals surface area contributed by atoms with Crippen molar-refractivity contribution in [3.63, 3.8) is 0 Å². The molecule has 0 radical (unpaired) electrons. The van der Waals surface area contributed by atoms with Crippen LogP contribution in [0.25, 0.3) is 11.4 Å². The number of halogens is 1. The molecule has 0 bridgehead atoms. The molecule has 0 spiro atoms. The first kappa shape index (κ1) is 12.7. The molecule has 5 heteroatoms. The number of imidazole rings is 1. The quantitative estimate of drug-likeness (QED) is 0.854. The van der Waals surface area contributed by atoms with Crippen LogP contribution in [0.1, 0.15) is 31.5 Å². The van der Waals surface area contributed by atoms with E-state index in [0.717, 1.165) is 24.4 Å². The Morgan fingerprint density at radius 1 is 1.33 bits per heavy atom. The molecular weight excluding hydrogens is 231 g/mol. The molecule has 4 nitrogen and oxygen atoms in total. The lowest BCUT2D eigenvalue weighted by molar-refractivity contribution is 0.595. The molecule has 1 unspecified atom stereocenters. The third-order valence-corrected chi connectivity index (χ3v) is 2.91. The van der Waals surface area contributed by atoms with E-state index in [-0.39, 0.29) is 11.7 Å². The molecule has 2 rings (SSSR count). The lowest BCUT2D eigenvalue weighted by Crippen LogP contribution is -2.13. The number of aromatic nitrogens is 3. The SMILES string of the molecule is CCCC(CN)c1ncc(-c2ccc(F)cn2)[nH]1. The van der Waals surface area contributed by atoms with E-state index in [9.17, 15) is 4.39 Å². The highest BCUT2D eigenvalue weighted by Crippen LogP contribution is 2.21. The minimum atomic E-state index is -0.343. The van der Waals surface area contributed by atoms with Crippen LogP contribution in [0.3, 0.4) is 0 Å². The Morgan fingerprint density at radius 2 is 2.17 bits per heavy atom. The van der Waals surface area contributed by atoms with Gasteiger partial charge < -0.3 is 10.7 Å². The lowest BCUT2D eigenvalue weighted by Gasteiger charge is -2.09. The first-order valence-corrected chi connectivity index (χ1v) is 6.11. The number of nitrogens with one attached hydrogen (secondary N) is 1. The lowest BCUT2D eigenvalue weighted by atomic mass is 10.0. The summed E-state index contributed by atoms with van der Waals surface area (Å²) in [4.78, 5) is 11.6. The molecule has 0 aliphatic heterocycles. The van der Waals surface area contributed by atoms with E-state index in [0.29, 0.717) is 12.2 Å². The predicted molar refractivity (Wildman–Crippen MR) is 68.5 cm³/mol.